The Balaban J connectivity index is 1.79. The number of hydrogen-bond acceptors (Lipinski definition) is 5. The van der Waals surface area contributed by atoms with E-state index in [0.717, 1.165) is 24.9 Å². The van der Waals surface area contributed by atoms with Crippen molar-refractivity contribution >= 4 is 17.0 Å². The average molecular weight is 245 g/mol. The number of aliphatic hydroxyl groups excluding tert-OH is 1. The second kappa shape index (κ2) is 3.20. The molecule has 18 heavy (non-hydrogen) atoms. The molecule has 3 N–H and O–H groups in total. The van der Waals surface area contributed by atoms with Gasteiger partial charge in [-0.1, -0.05) is 0 Å². The van der Waals surface area contributed by atoms with E-state index in [1.165, 1.54) is 6.33 Å². The number of rotatable bonds is 2. The van der Waals surface area contributed by atoms with Crippen LogP contribution < -0.4 is 5.73 Å². The van der Waals surface area contributed by atoms with Gasteiger partial charge in [0.15, 0.2) is 11.5 Å². The van der Waals surface area contributed by atoms with E-state index in [-0.39, 0.29) is 5.41 Å². The molecule has 0 radical (unpaired) electrons. The summed E-state index contributed by atoms with van der Waals surface area (Å²) in [7, 11) is 0. The molecule has 2 fully saturated rings. The lowest BCUT2D eigenvalue weighted by molar-refractivity contribution is 0.205. The van der Waals surface area contributed by atoms with E-state index in [4.69, 9.17) is 5.73 Å². The summed E-state index contributed by atoms with van der Waals surface area (Å²) in [4.78, 5) is 12.6. The summed E-state index contributed by atoms with van der Waals surface area (Å²) in [5.74, 6) is 0.997. The molecule has 6 nitrogen and oxygen atoms in total. The van der Waals surface area contributed by atoms with Gasteiger partial charge in [-0.15, -0.1) is 0 Å². The summed E-state index contributed by atoms with van der Waals surface area (Å²) < 4.78 is 2.11. The molecular weight excluding hydrogens is 230 g/mol. The van der Waals surface area contributed by atoms with Gasteiger partial charge in [0, 0.05) is 12.6 Å². The zero-order valence-electron chi connectivity index (χ0n) is 9.95. The number of aromatic nitrogens is 4. The van der Waals surface area contributed by atoms with E-state index in [1.807, 2.05) is 6.33 Å². The van der Waals surface area contributed by atoms with Gasteiger partial charge < -0.3 is 15.4 Å². The Morgan fingerprint density at radius 2 is 2.33 bits per heavy atom. The molecule has 2 saturated carbocycles. The minimum absolute atomic E-state index is 0.180. The maximum atomic E-state index is 9.47. The summed E-state index contributed by atoms with van der Waals surface area (Å²) in [6.45, 7) is 0.303. The largest absolute Gasteiger partial charge is 0.396 e. The van der Waals surface area contributed by atoms with Crippen LogP contribution in [0.4, 0.5) is 5.82 Å². The summed E-state index contributed by atoms with van der Waals surface area (Å²) in [5, 5.41) is 9.47. The highest BCUT2D eigenvalue weighted by molar-refractivity contribution is 5.81. The van der Waals surface area contributed by atoms with E-state index in [0.29, 0.717) is 29.9 Å². The van der Waals surface area contributed by atoms with Crippen molar-refractivity contribution in [2.45, 2.75) is 25.3 Å². The van der Waals surface area contributed by atoms with Crippen molar-refractivity contribution in [2.75, 3.05) is 12.3 Å². The lowest BCUT2D eigenvalue weighted by atomic mass is 10.1. The number of hydrogen-bond donors (Lipinski definition) is 2. The molecule has 0 amide bonds. The van der Waals surface area contributed by atoms with Crippen molar-refractivity contribution in [3.63, 3.8) is 0 Å². The number of anilines is 1. The third-order valence-corrected chi connectivity index (χ3v) is 4.71. The number of fused-ring (bicyclic) bond motifs is 2. The van der Waals surface area contributed by atoms with Gasteiger partial charge in [-0.3, -0.25) is 0 Å². The first-order chi connectivity index (χ1) is 8.75. The van der Waals surface area contributed by atoms with E-state index in [2.05, 4.69) is 19.5 Å². The number of nitrogen functional groups attached to an aromatic ring is 1. The van der Waals surface area contributed by atoms with Crippen LogP contribution in [0.2, 0.25) is 0 Å². The van der Waals surface area contributed by atoms with Crippen molar-refractivity contribution < 1.29 is 5.11 Å². The topological polar surface area (TPSA) is 89.9 Å². The standard InChI is InChI=1S/C12H15N5O/c13-10-9-11(15-5-14-10)17(6-16-9)8-1-2-12(4-18)3-7(8)12/h5-8,18H,1-4H2,(H2,13,14,15). The molecule has 2 aromatic heterocycles. The van der Waals surface area contributed by atoms with Gasteiger partial charge in [0.2, 0.25) is 0 Å². The average Bonchev–Trinajstić information content (AvgIpc) is 2.78. The molecule has 3 atom stereocenters. The van der Waals surface area contributed by atoms with E-state index in [1.54, 1.807) is 0 Å². The molecule has 0 aliphatic heterocycles. The van der Waals surface area contributed by atoms with Gasteiger partial charge in [0.25, 0.3) is 0 Å². The van der Waals surface area contributed by atoms with Crippen LogP contribution in [-0.4, -0.2) is 31.2 Å². The highest BCUT2D eigenvalue weighted by Gasteiger charge is 2.61. The quantitative estimate of drug-likeness (QED) is 0.814. The Labute approximate surface area is 104 Å². The van der Waals surface area contributed by atoms with Gasteiger partial charge in [0.1, 0.15) is 11.8 Å². The normalized spacial score (nSPS) is 33.8. The fraction of sp³-hybridized carbons (Fsp3) is 0.583. The predicted octanol–water partition coefficient (Wildman–Crippen LogP) is 0.742. The first kappa shape index (κ1) is 10.3. The Morgan fingerprint density at radius 3 is 3.06 bits per heavy atom. The molecular formula is C12H15N5O. The Morgan fingerprint density at radius 1 is 1.44 bits per heavy atom. The lowest BCUT2D eigenvalue weighted by Gasteiger charge is -2.13. The maximum absolute atomic E-state index is 9.47. The van der Waals surface area contributed by atoms with Crippen molar-refractivity contribution in [1.29, 1.82) is 0 Å². The molecule has 0 aromatic carbocycles. The molecule has 3 unspecified atom stereocenters. The van der Waals surface area contributed by atoms with Crippen LogP contribution >= 0.6 is 0 Å². The number of aliphatic hydroxyl groups is 1. The first-order valence-corrected chi connectivity index (χ1v) is 6.29. The van der Waals surface area contributed by atoms with Gasteiger partial charge in [0.05, 0.1) is 6.33 Å². The Bertz CT molecular complexity index is 624. The van der Waals surface area contributed by atoms with Crippen molar-refractivity contribution in [3.05, 3.63) is 12.7 Å². The molecule has 4 rings (SSSR count). The fourth-order valence-corrected chi connectivity index (χ4v) is 3.55. The van der Waals surface area contributed by atoms with Crippen LogP contribution in [-0.2, 0) is 0 Å². The molecule has 94 valence electrons. The molecule has 0 saturated heterocycles. The smallest absolute Gasteiger partial charge is 0.165 e. The Hall–Kier alpha value is -1.69. The van der Waals surface area contributed by atoms with Gasteiger partial charge in [-0.05, 0) is 30.6 Å². The number of nitrogens with zero attached hydrogens (tertiary/aromatic N) is 4. The molecule has 2 aromatic rings. The SMILES string of the molecule is Nc1ncnc2c1ncn2C1CCC2(CO)CC12. The number of nitrogens with two attached hydrogens (primary N) is 1. The second-order valence-corrected chi connectivity index (χ2v) is 5.52. The van der Waals surface area contributed by atoms with Crippen LogP contribution in [0.1, 0.15) is 25.3 Å². The van der Waals surface area contributed by atoms with E-state index in [9.17, 15) is 5.11 Å². The molecule has 2 aliphatic carbocycles. The minimum Gasteiger partial charge on any atom is -0.396 e. The van der Waals surface area contributed by atoms with Crippen LogP contribution in [0.3, 0.4) is 0 Å². The highest BCUT2D eigenvalue weighted by Crippen LogP contribution is 2.67. The summed E-state index contributed by atoms with van der Waals surface area (Å²) in [5.41, 5.74) is 7.47. The number of imidazole rings is 1. The van der Waals surface area contributed by atoms with Crippen LogP contribution in [0.15, 0.2) is 12.7 Å². The lowest BCUT2D eigenvalue weighted by Crippen LogP contribution is -2.09. The first-order valence-electron chi connectivity index (χ1n) is 6.29. The van der Waals surface area contributed by atoms with Crippen LogP contribution in [0.5, 0.6) is 0 Å². The zero-order chi connectivity index (χ0) is 12.3. The van der Waals surface area contributed by atoms with Gasteiger partial charge >= 0.3 is 0 Å². The third kappa shape index (κ3) is 1.13. The molecule has 2 aliphatic rings. The van der Waals surface area contributed by atoms with Gasteiger partial charge in [-0.25, -0.2) is 15.0 Å². The van der Waals surface area contributed by atoms with Crippen LogP contribution in [0.25, 0.3) is 11.2 Å². The van der Waals surface area contributed by atoms with E-state index >= 15 is 0 Å². The molecule has 0 bridgehead atoms. The van der Waals surface area contributed by atoms with Crippen LogP contribution in [0, 0.1) is 11.3 Å². The second-order valence-electron chi connectivity index (χ2n) is 5.52. The molecule has 2 heterocycles. The zero-order valence-corrected chi connectivity index (χ0v) is 9.95. The van der Waals surface area contributed by atoms with Crippen molar-refractivity contribution in [3.8, 4) is 0 Å². The molecule has 6 heteroatoms. The monoisotopic (exact) mass is 245 g/mol. The van der Waals surface area contributed by atoms with Gasteiger partial charge in [-0.2, -0.15) is 0 Å². The fourth-order valence-electron chi connectivity index (χ4n) is 3.55. The van der Waals surface area contributed by atoms with E-state index < -0.39 is 0 Å². The summed E-state index contributed by atoms with van der Waals surface area (Å²) in [6.07, 6.45) is 6.59. The Kier molecular flexibility index (Phi) is 1.82. The highest BCUT2D eigenvalue weighted by atomic mass is 16.3. The summed E-state index contributed by atoms with van der Waals surface area (Å²) in [6, 6.07) is 0.399. The summed E-state index contributed by atoms with van der Waals surface area (Å²) >= 11 is 0. The third-order valence-electron chi connectivity index (χ3n) is 4.71. The molecule has 0 spiro atoms. The predicted molar refractivity (Wildman–Crippen MR) is 65.6 cm³/mol. The van der Waals surface area contributed by atoms with Crippen molar-refractivity contribution in [2.24, 2.45) is 11.3 Å². The maximum Gasteiger partial charge on any atom is 0.165 e. The van der Waals surface area contributed by atoms with Crippen molar-refractivity contribution in [1.82, 2.24) is 19.5 Å². The minimum atomic E-state index is 0.180.